The number of aromatic nitrogens is 1. The van der Waals surface area contributed by atoms with E-state index in [1.807, 2.05) is 29.2 Å². The van der Waals surface area contributed by atoms with Gasteiger partial charge in [0, 0.05) is 32.2 Å². The van der Waals surface area contributed by atoms with Crippen molar-refractivity contribution in [1.82, 2.24) is 14.4 Å². The molecule has 1 amide bonds. The van der Waals surface area contributed by atoms with Gasteiger partial charge in [0.15, 0.2) is 5.58 Å². The van der Waals surface area contributed by atoms with Crippen molar-refractivity contribution in [2.45, 2.75) is 44.6 Å². The van der Waals surface area contributed by atoms with Gasteiger partial charge in [-0.15, -0.1) is 0 Å². The van der Waals surface area contributed by atoms with Crippen molar-refractivity contribution in [3.05, 3.63) is 34.8 Å². The number of hydrogen-bond donors (Lipinski definition) is 0. The highest BCUT2D eigenvalue weighted by Crippen LogP contribution is 2.25. The van der Waals surface area contributed by atoms with Crippen LogP contribution in [0.3, 0.4) is 0 Å². The Morgan fingerprint density at radius 3 is 2.42 bits per heavy atom. The maximum absolute atomic E-state index is 12.6. The molecule has 2 aromatic rings. The van der Waals surface area contributed by atoms with Crippen LogP contribution in [0.4, 0.5) is 0 Å². The third-order valence-electron chi connectivity index (χ3n) is 5.76. The van der Waals surface area contributed by atoms with Gasteiger partial charge in [-0.1, -0.05) is 25.0 Å². The van der Waals surface area contributed by atoms with Gasteiger partial charge < -0.3 is 9.32 Å². The molecule has 0 unspecified atom stereocenters. The molecule has 0 radical (unpaired) electrons. The molecule has 0 saturated carbocycles. The summed E-state index contributed by atoms with van der Waals surface area (Å²) in [7, 11) is 0. The number of fused-ring (bicyclic) bond motifs is 1. The zero-order valence-electron chi connectivity index (χ0n) is 15.2. The summed E-state index contributed by atoms with van der Waals surface area (Å²) in [4.78, 5) is 29.1. The second-order valence-electron chi connectivity index (χ2n) is 7.51. The lowest BCUT2D eigenvalue weighted by Crippen LogP contribution is -2.44. The van der Waals surface area contributed by atoms with Gasteiger partial charge in [0.25, 0.3) is 0 Å². The standard InChI is InChI=1S/C20H27N3O3/c24-19(22-11-5-1-2-6-12-22)15-21-13-9-16(10-14-21)23-17-7-3-4-8-18(17)26-20(23)25/h3-4,7-8,16H,1-2,5-6,9-15H2. The summed E-state index contributed by atoms with van der Waals surface area (Å²) < 4.78 is 7.16. The van der Waals surface area contributed by atoms with E-state index in [4.69, 9.17) is 4.42 Å². The first-order valence-corrected chi connectivity index (χ1v) is 9.82. The van der Waals surface area contributed by atoms with Gasteiger partial charge in [-0.2, -0.15) is 0 Å². The predicted octanol–water partition coefficient (Wildman–Crippen LogP) is 2.63. The van der Waals surface area contributed by atoms with Crippen molar-refractivity contribution in [1.29, 1.82) is 0 Å². The Hall–Kier alpha value is -2.08. The highest BCUT2D eigenvalue weighted by molar-refractivity contribution is 5.78. The van der Waals surface area contributed by atoms with Crippen LogP contribution in [-0.2, 0) is 4.79 Å². The number of amides is 1. The van der Waals surface area contributed by atoms with Gasteiger partial charge >= 0.3 is 5.76 Å². The Bertz CT molecular complexity index is 809. The minimum absolute atomic E-state index is 0.149. The maximum atomic E-state index is 12.6. The van der Waals surface area contributed by atoms with E-state index < -0.39 is 0 Å². The third kappa shape index (κ3) is 3.56. The zero-order valence-corrected chi connectivity index (χ0v) is 15.2. The lowest BCUT2D eigenvalue weighted by Gasteiger charge is -2.33. The molecule has 2 aliphatic heterocycles. The summed E-state index contributed by atoms with van der Waals surface area (Å²) in [5, 5.41) is 0. The molecule has 3 heterocycles. The number of piperidine rings is 1. The molecule has 2 saturated heterocycles. The van der Waals surface area contributed by atoms with E-state index in [9.17, 15) is 9.59 Å². The Labute approximate surface area is 153 Å². The van der Waals surface area contributed by atoms with Crippen molar-refractivity contribution in [2.75, 3.05) is 32.7 Å². The minimum Gasteiger partial charge on any atom is -0.408 e. The first kappa shape index (κ1) is 17.3. The summed E-state index contributed by atoms with van der Waals surface area (Å²) >= 11 is 0. The van der Waals surface area contributed by atoms with E-state index in [2.05, 4.69) is 4.90 Å². The Morgan fingerprint density at radius 2 is 1.69 bits per heavy atom. The van der Waals surface area contributed by atoms with Crippen molar-refractivity contribution in [3.63, 3.8) is 0 Å². The number of oxazole rings is 1. The molecule has 2 aliphatic rings. The van der Waals surface area contributed by atoms with E-state index in [1.165, 1.54) is 12.8 Å². The van der Waals surface area contributed by atoms with Crippen LogP contribution in [0.15, 0.2) is 33.5 Å². The molecule has 140 valence electrons. The van der Waals surface area contributed by atoms with Crippen molar-refractivity contribution in [3.8, 4) is 0 Å². The van der Waals surface area contributed by atoms with Crippen LogP contribution >= 0.6 is 0 Å². The average molecular weight is 357 g/mol. The molecule has 2 fully saturated rings. The third-order valence-corrected chi connectivity index (χ3v) is 5.76. The molecule has 0 atom stereocenters. The minimum atomic E-state index is -0.273. The lowest BCUT2D eigenvalue weighted by molar-refractivity contribution is -0.132. The predicted molar refractivity (Wildman–Crippen MR) is 100 cm³/mol. The SMILES string of the molecule is O=C(CN1CCC(n2c(=O)oc3ccccc32)CC1)N1CCCCCC1. The highest BCUT2D eigenvalue weighted by atomic mass is 16.4. The molecule has 0 spiro atoms. The molecule has 0 bridgehead atoms. The summed E-state index contributed by atoms with van der Waals surface area (Å²) in [6.45, 7) is 4.01. The van der Waals surface area contributed by atoms with E-state index in [0.29, 0.717) is 12.1 Å². The van der Waals surface area contributed by atoms with Crippen molar-refractivity contribution >= 4 is 17.0 Å². The fourth-order valence-electron chi connectivity index (χ4n) is 4.28. The Balaban J connectivity index is 1.37. The normalized spacial score (nSPS) is 20.4. The molecular formula is C20H27N3O3. The number of likely N-dealkylation sites (tertiary alicyclic amines) is 2. The highest BCUT2D eigenvalue weighted by Gasteiger charge is 2.26. The smallest absolute Gasteiger partial charge is 0.408 e. The van der Waals surface area contributed by atoms with E-state index in [0.717, 1.165) is 57.4 Å². The van der Waals surface area contributed by atoms with Gasteiger partial charge in [-0.3, -0.25) is 14.3 Å². The second-order valence-corrected chi connectivity index (χ2v) is 7.51. The average Bonchev–Trinajstić information content (AvgIpc) is 2.83. The molecular weight excluding hydrogens is 330 g/mol. The van der Waals surface area contributed by atoms with Gasteiger partial charge in [0.1, 0.15) is 0 Å². The van der Waals surface area contributed by atoms with E-state index in [-0.39, 0.29) is 17.7 Å². The van der Waals surface area contributed by atoms with Crippen LogP contribution in [0.25, 0.3) is 11.1 Å². The van der Waals surface area contributed by atoms with Crippen molar-refractivity contribution in [2.24, 2.45) is 0 Å². The van der Waals surface area contributed by atoms with Crippen LogP contribution in [0.1, 0.15) is 44.6 Å². The summed E-state index contributed by atoms with van der Waals surface area (Å²) in [5.74, 6) is -0.0124. The number of carbonyl (C=O) groups is 1. The van der Waals surface area contributed by atoms with Crippen LogP contribution in [0, 0.1) is 0 Å². The Morgan fingerprint density at radius 1 is 1.00 bits per heavy atom. The number of carbonyl (C=O) groups excluding carboxylic acids is 1. The fourth-order valence-corrected chi connectivity index (χ4v) is 4.28. The van der Waals surface area contributed by atoms with E-state index in [1.54, 1.807) is 4.57 Å². The fraction of sp³-hybridized carbons (Fsp3) is 0.600. The molecule has 6 nitrogen and oxygen atoms in total. The number of benzene rings is 1. The topological polar surface area (TPSA) is 58.7 Å². The second kappa shape index (κ2) is 7.66. The first-order chi connectivity index (χ1) is 12.7. The molecule has 1 aromatic carbocycles. The zero-order chi connectivity index (χ0) is 17.9. The first-order valence-electron chi connectivity index (χ1n) is 9.82. The summed E-state index contributed by atoms with van der Waals surface area (Å²) in [5.41, 5.74) is 1.52. The van der Waals surface area contributed by atoms with Crippen LogP contribution < -0.4 is 5.76 Å². The molecule has 1 aromatic heterocycles. The van der Waals surface area contributed by atoms with Crippen LogP contribution in [0.2, 0.25) is 0 Å². The monoisotopic (exact) mass is 357 g/mol. The molecule has 4 rings (SSSR count). The number of nitrogens with zero attached hydrogens (tertiary/aromatic N) is 3. The molecule has 0 aliphatic carbocycles. The lowest BCUT2D eigenvalue weighted by atomic mass is 10.0. The number of rotatable bonds is 3. The van der Waals surface area contributed by atoms with Gasteiger partial charge in [-0.25, -0.2) is 4.79 Å². The van der Waals surface area contributed by atoms with Gasteiger partial charge in [0.2, 0.25) is 5.91 Å². The number of hydrogen-bond acceptors (Lipinski definition) is 4. The molecule has 26 heavy (non-hydrogen) atoms. The van der Waals surface area contributed by atoms with Crippen molar-refractivity contribution < 1.29 is 9.21 Å². The quantitative estimate of drug-likeness (QED) is 0.847. The Kier molecular flexibility index (Phi) is 5.11. The van der Waals surface area contributed by atoms with Gasteiger partial charge in [-0.05, 0) is 37.8 Å². The van der Waals surface area contributed by atoms with Gasteiger partial charge in [0.05, 0.1) is 12.1 Å². The largest absolute Gasteiger partial charge is 0.420 e. The van der Waals surface area contributed by atoms with Crippen LogP contribution in [-0.4, -0.2) is 53.0 Å². The van der Waals surface area contributed by atoms with E-state index >= 15 is 0 Å². The number of para-hydroxylation sites is 2. The molecule has 6 heteroatoms. The van der Waals surface area contributed by atoms with Crippen LogP contribution in [0.5, 0.6) is 0 Å². The maximum Gasteiger partial charge on any atom is 0.420 e. The summed E-state index contributed by atoms with van der Waals surface area (Å²) in [6, 6.07) is 7.74. The molecule has 0 N–H and O–H groups in total. The summed E-state index contributed by atoms with van der Waals surface area (Å²) in [6.07, 6.45) is 6.48.